The largest absolute Gasteiger partial charge is 0.493 e. The SMILES string of the molecule is COc1cc(N2CCc3nc(-c4ccc(Cl)cc4)sc3C2=O)ccc1OC(C)c1ncc[nH]1. The molecule has 0 bridgehead atoms. The fraction of sp³-hybridized carbons (Fsp3) is 0.208. The van der Waals surface area contributed by atoms with Crippen LogP contribution in [-0.2, 0) is 6.42 Å². The van der Waals surface area contributed by atoms with E-state index in [1.807, 2.05) is 49.4 Å². The van der Waals surface area contributed by atoms with Crippen molar-refractivity contribution in [1.82, 2.24) is 15.0 Å². The maximum atomic E-state index is 13.3. The van der Waals surface area contributed by atoms with Crippen molar-refractivity contribution in [2.24, 2.45) is 0 Å². The second-order valence-electron chi connectivity index (χ2n) is 7.58. The number of halogens is 1. The van der Waals surface area contributed by atoms with Crippen molar-refractivity contribution in [2.75, 3.05) is 18.6 Å². The van der Waals surface area contributed by atoms with Gasteiger partial charge in [0.25, 0.3) is 5.91 Å². The lowest BCUT2D eigenvalue weighted by Crippen LogP contribution is -2.36. The molecular weight excluding hydrogens is 460 g/mol. The van der Waals surface area contributed by atoms with Crippen LogP contribution < -0.4 is 14.4 Å². The van der Waals surface area contributed by atoms with Gasteiger partial charge in [-0.1, -0.05) is 23.7 Å². The van der Waals surface area contributed by atoms with E-state index in [1.165, 1.54) is 11.3 Å². The Labute approximate surface area is 200 Å². The summed E-state index contributed by atoms with van der Waals surface area (Å²) in [5.41, 5.74) is 2.54. The second-order valence-corrected chi connectivity index (χ2v) is 9.01. The highest BCUT2D eigenvalue weighted by Crippen LogP contribution is 2.37. The normalized spacial score (nSPS) is 14.2. The van der Waals surface area contributed by atoms with Crippen LogP contribution >= 0.6 is 22.9 Å². The van der Waals surface area contributed by atoms with Gasteiger partial charge in [-0.15, -0.1) is 11.3 Å². The molecule has 2 aromatic carbocycles. The number of nitrogens with one attached hydrogen (secondary N) is 1. The van der Waals surface area contributed by atoms with Crippen LogP contribution in [0.5, 0.6) is 11.5 Å². The van der Waals surface area contributed by atoms with Crippen LogP contribution in [0.25, 0.3) is 10.6 Å². The van der Waals surface area contributed by atoms with E-state index in [1.54, 1.807) is 24.4 Å². The molecule has 0 radical (unpaired) electrons. The van der Waals surface area contributed by atoms with Gasteiger partial charge < -0.3 is 19.4 Å². The molecule has 168 valence electrons. The lowest BCUT2D eigenvalue weighted by molar-refractivity contribution is 0.0984. The molecule has 5 rings (SSSR count). The van der Waals surface area contributed by atoms with Crippen LogP contribution in [0.3, 0.4) is 0 Å². The molecule has 0 saturated heterocycles. The van der Waals surface area contributed by atoms with Gasteiger partial charge in [-0.05, 0) is 31.2 Å². The minimum Gasteiger partial charge on any atom is -0.493 e. The van der Waals surface area contributed by atoms with Crippen molar-refractivity contribution in [1.29, 1.82) is 0 Å². The summed E-state index contributed by atoms with van der Waals surface area (Å²) in [5, 5.41) is 1.49. The molecule has 1 unspecified atom stereocenters. The first-order valence-electron chi connectivity index (χ1n) is 10.4. The number of ether oxygens (including phenoxy) is 2. The van der Waals surface area contributed by atoms with Crippen molar-refractivity contribution < 1.29 is 14.3 Å². The molecule has 33 heavy (non-hydrogen) atoms. The number of fused-ring (bicyclic) bond motifs is 1. The fourth-order valence-electron chi connectivity index (χ4n) is 3.76. The van der Waals surface area contributed by atoms with Gasteiger partial charge >= 0.3 is 0 Å². The quantitative estimate of drug-likeness (QED) is 0.392. The maximum Gasteiger partial charge on any atom is 0.270 e. The minimum absolute atomic E-state index is 0.0614. The number of aromatic nitrogens is 3. The lowest BCUT2D eigenvalue weighted by Gasteiger charge is -2.27. The molecule has 9 heteroatoms. The summed E-state index contributed by atoms with van der Waals surface area (Å²) in [6, 6.07) is 13.0. The van der Waals surface area contributed by atoms with Crippen molar-refractivity contribution >= 4 is 34.5 Å². The predicted molar refractivity (Wildman–Crippen MR) is 129 cm³/mol. The molecule has 7 nitrogen and oxygen atoms in total. The molecule has 1 aliphatic heterocycles. The van der Waals surface area contributed by atoms with Crippen LogP contribution in [0.15, 0.2) is 54.9 Å². The van der Waals surface area contributed by atoms with E-state index >= 15 is 0 Å². The van der Waals surface area contributed by atoms with Gasteiger partial charge in [0.2, 0.25) is 0 Å². The molecule has 1 aliphatic rings. The minimum atomic E-state index is -0.276. The molecule has 0 saturated carbocycles. The number of carbonyl (C=O) groups excluding carboxylic acids is 1. The number of benzene rings is 2. The van der Waals surface area contributed by atoms with E-state index < -0.39 is 0 Å². The van der Waals surface area contributed by atoms with E-state index in [0.717, 1.165) is 27.8 Å². The van der Waals surface area contributed by atoms with Crippen LogP contribution in [0, 0.1) is 0 Å². The van der Waals surface area contributed by atoms with E-state index in [0.29, 0.717) is 34.4 Å². The Morgan fingerprint density at radius 3 is 2.73 bits per heavy atom. The fourth-order valence-corrected chi connectivity index (χ4v) is 4.95. The van der Waals surface area contributed by atoms with Gasteiger partial charge in [0.1, 0.15) is 15.7 Å². The highest BCUT2D eigenvalue weighted by molar-refractivity contribution is 7.17. The van der Waals surface area contributed by atoms with Crippen LogP contribution in [0.1, 0.15) is 34.2 Å². The van der Waals surface area contributed by atoms with Crippen molar-refractivity contribution in [3.63, 3.8) is 0 Å². The van der Waals surface area contributed by atoms with E-state index in [2.05, 4.69) is 9.97 Å². The molecule has 3 heterocycles. The Hall–Kier alpha value is -3.36. The number of methoxy groups -OCH3 is 1. The van der Waals surface area contributed by atoms with Gasteiger partial charge in [-0.2, -0.15) is 0 Å². The Morgan fingerprint density at radius 2 is 2.00 bits per heavy atom. The lowest BCUT2D eigenvalue weighted by atomic mass is 10.1. The summed E-state index contributed by atoms with van der Waals surface area (Å²) in [4.78, 5) is 27.7. The highest BCUT2D eigenvalue weighted by Gasteiger charge is 2.30. The molecular formula is C24H21ClN4O3S. The summed E-state index contributed by atoms with van der Waals surface area (Å²) < 4.78 is 11.6. The number of carbonyl (C=O) groups is 1. The van der Waals surface area contributed by atoms with Gasteiger partial charge in [-0.25, -0.2) is 9.97 Å². The Bertz CT molecular complexity index is 1290. The Balaban J connectivity index is 1.39. The van der Waals surface area contributed by atoms with E-state index in [4.69, 9.17) is 26.1 Å². The smallest absolute Gasteiger partial charge is 0.270 e. The highest BCUT2D eigenvalue weighted by atomic mass is 35.5. The second kappa shape index (κ2) is 8.88. The number of rotatable bonds is 6. The number of imidazole rings is 1. The summed E-state index contributed by atoms with van der Waals surface area (Å²) in [6.07, 6.45) is 3.84. The third-order valence-electron chi connectivity index (χ3n) is 5.47. The first kappa shape index (κ1) is 21.5. The average molecular weight is 481 g/mol. The third-order valence-corrected chi connectivity index (χ3v) is 6.85. The number of anilines is 1. The number of H-pyrrole nitrogens is 1. The average Bonchev–Trinajstić information content (AvgIpc) is 3.51. The molecule has 0 fully saturated rings. The predicted octanol–water partition coefficient (Wildman–Crippen LogP) is 5.54. The van der Waals surface area contributed by atoms with Crippen molar-refractivity contribution in [2.45, 2.75) is 19.4 Å². The van der Waals surface area contributed by atoms with Crippen molar-refractivity contribution in [3.05, 3.63) is 76.3 Å². The zero-order chi connectivity index (χ0) is 22.9. The number of nitrogens with zero attached hydrogens (tertiary/aromatic N) is 3. The van der Waals surface area contributed by atoms with Crippen LogP contribution in [-0.4, -0.2) is 34.5 Å². The summed E-state index contributed by atoms with van der Waals surface area (Å²) in [7, 11) is 1.58. The number of aromatic amines is 1. The monoisotopic (exact) mass is 480 g/mol. The zero-order valence-electron chi connectivity index (χ0n) is 18.0. The van der Waals surface area contributed by atoms with Crippen LogP contribution in [0.4, 0.5) is 5.69 Å². The van der Waals surface area contributed by atoms with Gasteiger partial charge in [0, 0.05) is 47.7 Å². The van der Waals surface area contributed by atoms with Crippen LogP contribution in [0.2, 0.25) is 5.02 Å². The first-order valence-corrected chi connectivity index (χ1v) is 11.6. The van der Waals surface area contributed by atoms with Gasteiger partial charge in [0.15, 0.2) is 17.6 Å². The van der Waals surface area contributed by atoms with Gasteiger partial charge in [0.05, 0.1) is 12.8 Å². The van der Waals surface area contributed by atoms with Gasteiger partial charge in [-0.3, -0.25) is 4.79 Å². The number of amides is 1. The molecule has 0 spiro atoms. The maximum absolute atomic E-state index is 13.3. The molecule has 4 aromatic rings. The number of thiazole rings is 1. The molecule has 1 atom stereocenters. The summed E-state index contributed by atoms with van der Waals surface area (Å²) in [6.45, 7) is 2.45. The first-order chi connectivity index (χ1) is 16.0. The standard InChI is InChI=1S/C24H21ClN4O3S/c1-14(22-26-10-11-27-22)32-19-8-7-17(13-20(19)31-2)29-12-9-18-21(24(29)30)33-23(28-18)15-3-5-16(25)6-4-15/h3-8,10-11,13-14H,9,12H2,1-2H3,(H,26,27). The summed E-state index contributed by atoms with van der Waals surface area (Å²) >= 11 is 7.41. The number of hydrogen-bond acceptors (Lipinski definition) is 6. The van der Waals surface area contributed by atoms with E-state index in [-0.39, 0.29) is 12.0 Å². The van der Waals surface area contributed by atoms with E-state index in [9.17, 15) is 4.79 Å². The molecule has 1 amide bonds. The topological polar surface area (TPSA) is 80.3 Å². The Morgan fingerprint density at radius 1 is 1.18 bits per heavy atom. The zero-order valence-corrected chi connectivity index (χ0v) is 19.6. The number of hydrogen-bond donors (Lipinski definition) is 1. The van der Waals surface area contributed by atoms with Crippen molar-refractivity contribution in [3.8, 4) is 22.1 Å². The summed E-state index contributed by atoms with van der Waals surface area (Å²) in [5.74, 6) is 1.80. The molecule has 2 aromatic heterocycles. The third kappa shape index (κ3) is 4.19. The molecule has 1 N–H and O–H groups in total. The Kier molecular flexibility index (Phi) is 5.78. The molecule has 0 aliphatic carbocycles.